The van der Waals surface area contributed by atoms with Gasteiger partial charge >= 0.3 is 0 Å². The van der Waals surface area contributed by atoms with Gasteiger partial charge in [0.1, 0.15) is 6.07 Å². The smallest absolute Gasteiger partial charge is 0.160 e. The van der Waals surface area contributed by atoms with E-state index in [-0.39, 0.29) is 0 Å². The molecule has 0 aliphatic rings. The van der Waals surface area contributed by atoms with Gasteiger partial charge in [0.15, 0.2) is 7.85 Å². The van der Waals surface area contributed by atoms with Crippen molar-refractivity contribution in [3.8, 4) is 6.07 Å². The molecule has 0 aliphatic carbocycles. The Kier molecular flexibility index (Phi) is 2.49. The number of hydrogen-bond donors (Lipinski definition) is 2. The lowest BCUT2D eigenvalue weighted by molar-refractivity contribution is 1.42. The highest BCUT2D eigenvalue weighted by atomic mass is 14.7. The standard InChI is InChI=1S/C8H8BN3/c9-8-2-1-7(12-8)3-6(4-10)5-11/h1-4,10,12H,9H2/b6-3+,10-4?. The molecule has 58 valence electrons. The van der Waals surface area contributed by atoms with Crippen molar-refractivity contribution in [3.05, 3.63) is 23.4 Å². The number of nitrogens with zero attached hydrogens (tertiary/aromatic N) is 1. The molecule has 1 heterocycles. The molecule has 0 atom stereocenters. The Labute approximate surface area is 71.6 Å². The number of nitrogens with one attached hydrogen (secondary N) is 2. The second kappa shape index (κ2) is 3.58. The normalized spacial score (nSPS) is 10.8. The first-order chi connectivity index (χ1) is 5.76. The maximum atomic E-state index is 8.51. The van der Waals surface area contributed by atoms with Crippen LogP contribution in [-0.2, 0) is 0 Å². The summed E-state index contributed by atoms with van der Waals surface area (Å²) >= 11 is 0. The van der Waals surface area contributed by atoms with Crippen molar-refractivity contribution in [2.45, 2.75) is 0 Å². The fraction of sp³-hybridized carbons (Fsp3) is 0. The molecule has 0 radical (unpaired) electrons. The van der Waals surface area contributed by atoms with Gasteiger partial charge in [-0.25, -0.2) is 0 Å². The van der Waals surface area contributed by atoms with Crippen LogP contribution in [0.25, 0.3) is 6.08 Å². The highest BCUT2D eigenvalue weighted by molar-refractivity contribution is 6.30. The van der Waals surface area contributed by atoms with Crippen molar-refractivity contribution in [2.24, 2.45) is 0 Å². The second-order valence-corrected chi connectivity index (χ2v) is 2.45. The van der Waals surface area contributed by atoms with E-state index < -0.39 is 0 Å². The van der Waals surface area contributed by atoms with Crippen LogP contribution in [-0.4, -0.2) is 19.0 Å². The number of aromatic nitrogens is 1. The summed E-state index contributed by atoms with van der Waals surface area (Å²) in [4.78, 5) is 3.04. The molecular weight excluding hydrogens is 149 g/mol. The monoisotopic (exact) mass is 157 g/mol. The lowest BCUT2D eigenvalue weighted by Gasteiger charge is -1.86. The fourth-order valence-corrected chi connectivity index (χ4v) is 0.884. The maximum absolute atomic E-state index is 8.51. The Morgan fingerprint density at radius 2 is 2.42 bits per heavy atom. The summed E-state index contributed by atoms with van der Waals surface area (Å²) in [5.41, 5.74) is 2.24. The second-order valence-electron chi connectivity index (χ2n) is 2.45. The van der Waals surface area contributed by atoms with Crippen LogP contribution in [0.3, 0.4) is 0 Å². The fourth-order valence-electron chi connectivity index (χ4n) is 0.884. The number of rotatable bonds is 2. The summed E-state index contributed by atoms with van der Waals surface area (Å²) in [5.74, 6) is 0. The molecule has 0 amide bonds. The van der Waals surface area contributed by atoms with Gasteiger partial charge in [-0.2, -0.15) is 5.26 Å². The number of H-pyrrole nitrogens is 1. The SMILES string of the molecule is Bc1ccc(/C=C(/C#N)C=N)[nH]1. The predicted molar refractivity (Wildman–Crippen MR) is 51.3 cm³/mol. The van der Waals surface area contributed by atoms with Gasteiger partial charge in [-0.1, -0.05) is 6.07 Å². The summed E-state index contributed by atoms with van der Waals surface area (Å²) in [6.45, 7) is 0. The highest BCUT2D eigenvalue weighted by Crippen LogP contribution is 1.99. The molecule has 0 aromatic carbocycles. The van der Waals surface area contributed by atoms with E-state index >= 15 is 0 Å². The van der Waals surface area contributed by atoms with Crippen LogP contribution in [0.4, 0.5) is 0 Å². The predicted octanol–water partition coefficient (Wildman–Crippen LogP) is -0.170. The highest BCUT2D eigenvalue weighted by Gasteiger charge is 1.93. The first-order valence-corrected chi connectivity index (χ1v) is 3.54. The minimum atomic E-state index is 0.344. The molecule has 3 nitrogen and oxygen atoms in total. The van der Waals surface area contributed by atoms with Gasteiger partial charge in [-0.3, -0.25) is 0 Å². The molecule has 0 fully saturated rings. The molecule has 0 saturated carbocycles. The quantitative estimate of drug-likeness (QED) is 0.349. The van der Waals surface area contributed by atoms with E-state index in [9.17, 15) is 0 Å². The summed E-state index contributed by atoms with van der Waals surface area (Å²) < 4.78 is 0. The maximum Gasteiger partial charge on any atom is 0.160 e. The molecule has 4 heteroatoms. The molecule has 1 rings (SSSR count). The minimum absolute atomic E-state index is 0.344. The van der Waals surface area contributed by atoms with E-state index in [0.29, 0.717) is 5.57 Å². The molecule has 1 aromatic rings. The Balaban J connectivity index is 2.95. The molecule has 0 spiro atoms. The third-order valence-electron chi connectivity index (χ3n) is 1.45. The summed E-state index contributed by atoms with van der Waals surface area (Å²) in [6, 6.07) is 5.70. The number of aromatic amines is 1. The molecule has 0 saturated heterocycles. The van der Waals surface area contributed by atoms with Gasteiger partial charge in [0.2, 0.25) is 0 Å². The third-order valence-corrected chi connectivity index (χ3v) is 1.45. The third kappa shape index (κ3) is 1.86. The molecule has 0 bridgehead atoms. The number of allylic oxidation sites excluding steroid dienone is 1. The topological polar surface area (TPSA) is 63.4 Å². The molecule has 1 aromatic heterocycles. The average Bonchev–Trinajstić information content (AvgIpc) is 2.47. The van der Waals surface area contributed by atoms with Crippen LogP contribution in [0.5, 0.6) is 0 Å². The van der Waals surface area contributed by atoms with Crippen LogP contribution in [0.15, 0.2) is 17.7 Å². The number of nitriles is 1. The Morgan fingerprint density at radius 1 is 1.67 bits per heavy atom. The van der Waals surface area contributed by atoms with Crippen molar-refractivity contribution in [3.63, 3.8) is 0 Å². The van der Waals surface area contributed by atoms with Gasteiger partial charge in [0.05, 0.1) is 5.57 Å². The molecule has 12 heavy (non-hydrogen) atoms. The van der Waals surface area contributed by atoms with Gasteiger partial charge in [-0.15, -0.1) is 0 Å². The van der Waals surface area contributed by atoms with Gasteiger partial charge < -0.3 is 10.4 Å². The summed E-state index contributed by atoms with van der Waals surface area (Å²) in [5, 5.41) is 15.4. The zero-order valence-corrected chi connectivity index (χ0v) is 6.76. The first-order valence-electron chi connectivity index (χ1n) is 3.54. The zero-order valence-electron chi connectivity index (χ0n) is 6.76. The first kappa shape index (κ1) is 8.34. The minimum Gasteiger partial charge on any atom is -0.368 e. The van der Waals surface area contributed by atoms with Crippen molar-refractivity contribution < 1.29 is 0 Å². The largest absolute Gasteiger partial charge is 0.368 e. The van der Waals surface area contributed by atoms with E-state index in [2.05, 4.69) is 4.98 Å². The van der Waals surface area contributed by atoms with Crippen LogP contribution in [0.1, 0.15) is 5.69 Å². The van der Waals surface area contributed by atoms with Gasteiger partial charge in [-0.05, 0) is 17.7 Å². The van der Waals surface area contributed by atoms with Crippen molar-refractivity contribution in [2.75, 3.05) is 0 Å². The summed E-state index contributed by atoms with van der Waals surface area (Å²) in [7, 11) is 1.94. The average molecular weight is 157 g/mol. The van der Waals surface area contributed by atoms with E-state index in [4.69, 9.17) is 10.7 Å². The van der Waals surface area contributed by atoms with Crippen LogP contribution < -0.4 is 5.59 Å². The van der Waals surface area contributed by atoms with Crippen LogP contribution in [0.2, 0.25) is 0 Å². The van der Waals surface area contributed by atoms with Crippen LogP contribution >= 0.6 is 0 Å². The van der Waals surface area contributed by atoms with Crippen molar-refractivity contribution >= 4 is 25.7 Å². The molecular formula is C8H8BN3. The Bertz CT molecular complexity index is 357. The lowest BCUT2D eigenvalue weighted by Crippen LogP contribution is -2.00. The van der Waals surface area contributed by atoms with E-state index in [1.54, 1.807) is 6.08 Å². The Morgan fingerprint density at radius 3 is 2.83 bits per heavy atom. The van der Waals surface area contributed by atoms with Crippen LogP contribution in [0, 0.1) is 16.7 Å². The Hall–Kier alpha value is -1.76. The van der Waals surface area contributed by atoms with E-state index in [1.165, 1.54) is 0 Å². The molecule has 2 N–H and O–H groups in total. The van der Waals surface area contributed by atoms with E-state index in [1.807, 2.05) is 26.0 Å². The number of hydrogen-bond acceptors (Lipinski definition) is 2. The van der Waals surface area contributed by atoms with E-state index in [0.717, 1.165) is 17.5 Å². The molecule has 0 unspecified atom stereocenters. The zero-order chi connectivity index (χ0) is 8.97. The summed E-state index contributed by atoms with van der Waals surface area (Å²) in [6.07, 6.45) is 2.68. The van der Waals surface area contributed by atoms with Crippen molar-refractivity contribution in [1.82, 2.24) is 4.98 Å². The lowest BCUT2D eigenvalue weighted by atomic mass is 10.1. The van der Waals surface area contributed by atoms with Gasteiger partial charge in [0.25, 0.3) is 0 Å². The van der Waals surface area contributed by atoms with Crippen molar-refractivity contribution in [1.29, 1.82) is 10.7 Å². The molecule has 0 aliphatic heterocycles. The van der Waals surface area contributed by atoms with Gasteiger partial charge in [0, 0.05) is 11.9 Å².